The summed E-state index contributed by atoms with van der Waals surface area (Å²) in [6.07, 6.45) is 0.727. The van der Waals surface area contributed by atoms with Gasteiger partial charge in [0.25, 0.3) is 0 Å². The molecule has 15 heavy (non-hydrogen) atoms. The van der Waals surface area contributed by atoms with Crippen LogP contribution in [0.5, 0.6) is 0 Å². The van der Waals surface area contributed by atoms with Crippen LogP contribution in [0.4, 0.5) is 0 Å². The van der Waals surface area contributed by atoms with Crippen LogP contribution in [-0.2, 0) is 14.4 Å². The lowest BCUT2D eigenvalue weighted by atomic mass is 10.0. The Labute approximate surface area is 87.8 Å². The molecule has 2 unspecified atom stereocenters. The van der Waals surface area contributed by atoms with Crippen LogP contribution in [0.1, 0.15) is 19.8 Å². The molecule has 0 aromatic carbocycles. The summed E-state index contributed by atoms with van der Waals surface area (Å²) in [7, 11) is 1.44. The van der Waals surface area contributed by atoms with Gasteiger partial charge in [0.05, 0.1) is 12.1 Å². The average Bonchev–Trinajstić information content (AvgIpc) is 2.18. The molecule has 0 bridgehead atoms. The van der Waals surface area contributed by atoms with Gasteiger partial charge in [0.15, 0.2) is 0 Å². The molecular formula is C9H15N3O3. The summed E-state index contributed by atoms with van der Waals surface area (Å²) in [5.74, 6) is -1.01. The third-order valence-corrected chi connectivity index (χ3v) is 2.53. The first-order valence-corrected chi connectivity index (χ1v) is 4.79. The Hall–Kier alpha value is -1.43. The Bertz CT molecular complexity index is 303. The van der Waals surface area contributed by atoms with E-state index in [0.717, 1.165) is 4.90 Å². The number of carbonyl (C=O) groups is 3. The van der Waals surface area contributed by atoms with E-state index in [9.17, 15) is 14.4 Å². The van der Waals surface area contributed by atoms with Gasteiger partial charge in [-0.2, -0.15) is 0 Å². The molecule has 0 aromatic rings. The average molecular weight is 213 g/mol. The molecule has 84 valence electrons. The minimum absolute atomic E-state index is 0.190. The third kappa shape index (κ3) is 2.53. The number of hydrogen-bond donors (Lipinski definition) is 2. The first kappa shape index (κ1) is 11.6. The lowest BCUT2D eigenvalue weighted by Gasteiger charge is -2.29. The molecule has 0 radical (unpaired) electrons. The number of likely N-dealkylation sites (tertiary alicyclic amines) is 1. The SMILES string of the molecule is CC(NC1CCC(=O)N(C)C1=O)C(N)=O. The number of likely N-dealkylation sites (N-methyl/N-ethyl adjacent to an activating group) is 1. The van der Waals surface area contributed by atoms with Gasteiger partial charge in [-0.1, -0.05) is 0 Å². The monoisotopic (exact) mass is 213 g/mol. The zero-order valence-electron chi connectivity index (χ0n) is 8.82. The molecule has 1 rings (SSSR count). The second-order valence-corrected chi connectivity index (χ2v) is 3.67. The molecule has 1 aliphatic rings. The molecule has 1 heterocycles. The summed E-state index contributed by atoms with van der Waals surface area (Å²) in [6, 6.07) is -1.06. The molecule has 6 heteroatoms. The lowest BCUT2D eigenvalue weighted by Crippen LogP contribution is -2.55. The van der Waals surface area contributed by atoms with Gasteiger partial charge in [0.2, 0.25) is 17.7 Å². The van der Waals surface area contributed by atoms with E-state index < -0.39 is 18.0 Å². The van der Waals surface area contributed by atoms with Gasteiger partial charge in [-0.15, -0.1) is 0 Å². The van der Waals surface area contributed by atoms with E-state index in [1.165, 1.54) is 7.05 Å². The van der Waals surface area contributed by atoms with Crippen LogP contribution in [0.25, 0.3) is 0 Å². The molecule has 0 aliphatic carbocycles. The number of nitrogens with two attached hydrogens (primary N) is 1. The van der Waals surface area contributed by atoms with Crippen molar-refractivity contribution < 1.29 is 14.4 Å². The highest BCUT2D eigenvalue weighted by Gasteiger charge is 2.32. The number of piperidine rings is 1. The number of amides is 3. The molecule has 0 aromatic heterocycles. The van der Waals surface area contributed by atoms with Crippen LogP contribution in [0.3, 0.4) is 0 Å². The number of primary amides is 1. The van der Waals surface area contributed by atoms with Gasteiger partial charge in [-0.3, -0.25) is 24.6 Å². The van der Waals surface area contributed by atoms with Crippen LogP contribution in [0, 0.1) is 0 Å². The predicted octanol–water partition coefficient (Wildman–Crippen LogP) is -1.40. The van der Waals surface area contributed by atoms with E-state index in [-0.39, 0.29) is 11.8 Å². The van der Waals surface area contributed by atoms with Crippen molar-refractivity contribution in [2.75, 3.05) is 7.05 Å². The molecule has 6 nitrogen and oxygen atoms in total. The van der Waals surface area contributed by atoms with E-state index in [1.807, 2.05) is 0 Å². The van der Waals surface area contributed by atoms with Crippen molar-refractivity contribution in [3.05, 3.63) is 0 Å². The summed E-state index contributed by atoms with van der Waals surface area (Å²) in [4.78, 5) is 34.6. The maximum Gasteiger partial charge on any atom is 0.246 e. The van der Waals surface area contributed by atoms with Crippen LogP contribution >= 0.6 is 0 Å². The van der Waals surface area contributed by atoms with Crippen molar-refractivity contribution >= 4 is 17.7 Å². The summed E-state index contributed by atoms with van der Waals surface area (Å²) in [6.45, 7) is 1.59. The largest absolute Gasteiger partial charge is 0.368 e. The van der Waals surface area contributed by atoms with Crippen molar-refractivity contribution in [1.82, 2.24) is 10.2 Å². The van der Waals surface area contributed by atoms with Crippen molar-refractivity contribution in [1.29, 1.82) is 0 Å². The van der Waals surface area contributed by atoms with Crippen LogP contribution in [0.2, 0.25) is 0 Å². The quantitative estimate of drug-likeness (QED) is 0.564. The molecular weight excluding hydrogens is 198 g/mol. The van der Waals surface area contributed by atoms with Gasteiger partial charge >= 0.3 is 0 Å². The fraction of sp³-hybridized carbons (Fsp3) is 0.667. The first-order valence-electron chi connectivity index (χ1n) is 4.79. The molecule has 1 fully saturated rings. The number of imide groups is 1. The highest BCUT2D eigenvalue weighted by Crippen LogP contribution is 2.11. The molecule has 3 N–H and O–H groups in total. The molecule has 0 spiro atoms. The molecule has 1 saturated heterocycles. The Morgan fingerprint density at radius 2 is 2.20 bits per heavy atom. The topological polar surface area (TPSA) is 92.5 Å². The second kappa shape index (κ2) is 4.39. The van der Waals surface area contributed by atoms with Crippen LogP contribution in [-0.4, -0.2) is 41.8 Å². The fourth-order valence-corrected chi connectivity index (χ4v) is 1.45. The predicted molar refractivity (Wildman–Crippen MR) is 52.6 cm³/mol. The summed E-state index contributed by atoms with van der Waals surface area (Å²) in [5.41, 5.74) is 5.07. The third-order valence-electron chi connectivity index (χ3n) is 2.53. The minimum atomic E-state index is -0.569. The Morgan fingerprint density at radius 1 is 1.60 bits per heavy atom. The van der Waals surface area contributed by atoms with Gasteiger partial charge in [0, 0.05) is 13.5 Å². The first-order chi connectivity index (χ1) is 6.93. The van der Waals surface area contributed by atoms with E-state index in [2.05, 4.69) is 5.32 Å². The van der Waals surface area contributed by atoms with Crippen molar-refractivity contribution in [2.45, 2.75) is 31.8 Å². The number of rotatable bonds is 3. The molecule has 1 aliphatic heterocycles. The molecule has 2 atom stereocenters. The summed E-state index contributed by atoms with van der Waals surface area (Å²) in [5, 5.41) is 2.80. The summed E-state index contributed by atoms with van der Waals surface area (Å²) < 4.78 is 0. The van der Waals surface area contributed by atoms with Crippen LogP contribution < -0.4 is 11.1 Å². The Morgan fingerprint density at radius 3 is 2.73 bits per heavy atom. The standard InChI is InChI=1S/C9H15N3O3/c1-5(8(10)14)11-6-3-4-7(13)12(2)9(6)15/h5-6,11H,3-4H2,1-2H3,(H2,10,14). The van der Waals surface area contributed by atoms with Crippen molar-refractivity contribution in [3.63, 3.8) is 0 Å². The normalized spacial score (nSPS) is 24.1. The maximum atomic E-state index is 11.6. The van der Waals surface area contributed by atoms with Gasteiger partial charge in [-0.25, -0.2) is 0 Å². The van der Waals surface area contributed by atoms with E-state index in [0.29, 0.717) is 12.8 Å². The van der Waals surface area contributed by atoms with E-state index in [4.69, 9.17) is 5.73 Å². The van der Waals surface area contributed by atoms with Gasteiger partial charge < -0.3 is 5.73 Å². The fourth-order valence-electron chi connectivity index (χ4n) is 1.45. The lowest BCUT2D eigenvalue weighted by molar-refractivity contribution is -0.148. The highest BCUT2D eigenvalue weighted by atomic mass is 16.2. The molecule has 3 amide bonds. The summed E-state index contributed by atoms with van der Waals surface area (Å²) >= 11 is 0. The number of hydrogen-bond acceptors (Lipinski definition) is 4. The van der Waals surface area contributed by atoms with Crippen molar-refractivity contribution in [3.8, 4) is 0 Å². The number of nitrogens with zero attached hydrogens (tertiary/aromatic N) is 1. The minimum Gasteiger partial charge on any atom is -0.368 e. The molecule has 0 saturated carbocycles. The van der Waals surface area contributed by atoms with Crippen LogP contribution in [0.15, 0.2) is 0 Å². The zero-order chi connectivity index (χ0) is 11.6. The van der Waals surface area contributed by atoms with Gasteiger partial charge in [-0.05, 0) is 13.3 Å². The Balaban J connectivity index is 2.61. The number of carbonyl (C=O) groups excluding carboxylic acids is 3. The maximum absolute atomic E-state index is 11.6. The zero-order valence-corrected chi connectivity index (χ0v) is 8.82. The smallest absolute Gasteiger partial charge is 0.246 e. The highest BCUT2D eigenvalue weighted by molar-refractivity contribution is 6.00. The second-order valence-electron chi connectivity index (χ2n) is 3.67. The van der Waals surface area contributed by atoms with E-state index in [1.54, 1.807) is 6.92 Å². The van der Waals surface area contributed by atoms with Crippen molar-refractivity contribution in [2.24, 2.45) is 5.73 Å². The van der Waals surface area contributed by atoms with E-state index >= 15 is 0 Å². The van der Waals surface area contributed by atoms with Gasteiger partial charge in [0.1, 0.15) is 0 Å². The Kier molecular flexibility index (Phi) is 3.41. The number of nitrogens with one attached hydrogen (secondary N) is 1.